The molecule has 4 heteroatoms. The van der Waals surface area contributed by atoms with E-state index in [1.807, 2.05) is 0 Å². The molecule has 0 spiro atoms. The molecule has 0 aliphatic carbocycles. The molecule has 0 aromatic heterocycles. The zero-order chi connectivity index (χ0) is 6.85. The number of Topliss-reactive ketones (excluding diaryl/α,β-unsaturated/α-hetero) is 1. The van der Waals surface area contributed by atoms with Gasteiger partial charge in [0.2, 0.25) is 0 Å². The van der Waals surface area contributed by atoms with Crippen LogP contribution in [0.15, 0.2) is 0 Å². The van der Waals surface area contributed by atoms with Crippen molar-refractivity contribution in [3.8, 4) is 0 Å². The second kappa shape index (κ2) is 2.39. The zero-order valence-corrected chi connectivity index (χ0v) is 5.48. The number of carbonyl (C=O) groups is 2. The van der Waals surface area contributed by atoms with E-state index >= 15 is 0 Å². The molecule has 1 N–H and O–H groups in total. The fourth-order valence-corrected chi connectivity index (χ4v) is 1.63. The lowest BCUT2D eigenvalue weighted by atomic mass is 10.2. The van der Waals surface area contributed by atoms with Gasteiger partial charge in [0.25, 0.3) is 0 Å². The van der Waals surface area contributed by atoms with Gasteiger partial charge in [-0.2, -0.15) is 0 Å². The van der Waals surface area contributed by atoms with Crippen LogP contribution in [0.4, 0.5) is 0 Å². The first kappa shape index (κ1) is 6.61. The van der Waals surface area contributed by atoms with Crippen molar-refractivity contribution in [3.63, 3.8) is 0 Å². The molecule has 50 valence electrons. The SMILES string of the molecule is O=C1CSC(C(=O)O)C1. The van der Waals surface area contributed by atoms with Crippen LogP contribution in [-0.2, 0) is 9.59 Å². The molecule has 0 radical (unpaired) electrons. The van der Waals surface area contributed by atoms with Crippen molar-refractivity contribution in [2.45, 2.75) is 11.7 Å². The number of thioether (sulfide) groups is 1. The Kier molecular flexibility index (Phi) is 1.75. The van der Waals surface area contributed by atoms with Gasteiger partial charge in [0, 0.05) is 6.42 Å². The lowest BCUT2D eigenvalue weighted by Gasteiger charge is -1.95. The van der Waals surface area contributed by atoms with E-state index in [1.165, 1.54) is 11.8 Å². The Morgan fingerprint density at radius 3 is 2.67 bits per heavy atom. The van der Waals surface area contributed by atoms with Gasteiger partial charge < -0.3 is 5.11 Å². The van der Waals surface area contributed by atoms with Crippen LogP contribution in [0.2, 0.25) is 0 Å². The fourth-order valence-electron chi connectivity index (χ4n) is 0.677. The number of aliphatic carboxylic acids is 1. The van der Waals surface area contributed by atoms with Crippen LogP contribution in [0.25, 0.3) is 0 Å². The number of hydrogen-bond donors (Lipinski definition) is 1. The molecule has 0 aromatic carbocycles. The Balaban J connectivity index is 2.48. The summed E-state index contributed by atoms with van der Waals surface area (Å²) in [4.78, 5) is 20.6. The summed E-state index contributed by atoms with van der Waals surface area (Å²) in [5.74, 6) is -0.449. The van der Waals surface area contributed by atoms with Crippen LogP contribution >= 0.6 is 11.8 Å². The van der Waals surface area contributed by atoms with Gasteiger partial charge in [-0.15, -0.1) is 11.8 Å². The van der Waals surface area contributed by atoms with Gasteiger partial charge in [-0.1, -0.05) is 0 Å². The Morgan fingerprint density at radius 1 is 1.78 bits per heavy atom. The highest BCUT2D eigenvalue weighted by Crippen LogP contribution is 2.23. The van der Waals surface area contributed by atoms with Gasteiger partial charge in [0.1, 0.15) is 11.0 Å². The Labute approximate surface area is 56.4 Å². The number of rotatable bonds is 1. The van der Waals surface area contributed by atoms with Crippen LogP contribution in [0.5, 0.6) is 0 Å². The van der Waals surface area contributed by atoms with Crippen molar-refractivity contribution >= 4 is 23.5 Å². The van der Waals surface area contributed by atoms with E-state index in [-0.39, 0.29) is 12.2 Å². The summed E-state index contributed by atoms with van der Waals surface area (Å²) < 4.78 is 0. The first-order chi connectivity index (χ1) is 4.20. The van der Waals surface area contributed by atoms with Gasteiger partial charge in [0.05, 0.1) is 5.75 Å². The molecule has 1 fully saturated rings. The molecule has 0 amide bonds. The zero-order valence-electron chi connectivity index (χ0n) is 4.66. The summed E-state index contributed by atoms with van der Waals surface area (Å²) in [6.45, 7) is 0. The highest BCUT2D eigenvalue weighted by molar-refractivity contribution is 8.01. The van der Waals surface area contributed by atoms with E-state index < -0.39 is 11.2 Å². The summed E-state index contributed by atoms with van der Waals surface area (Å²) in [6, 6.07) is 0. The van der Waals surface area contributed by atoms with Crippen LogP contribution in [-0.4, -0.2) is 27.9 Å². The normalized spacial score (nSPS) is 26.7. The molecule has 9 heavy (non-hydrogen) atoms. The lowest BCUT2D eigenvalue weighted by Crippen LogP contribution is -2.13. The van der Waals surface area contributed by atoms with E-state index in [2.05, 4.69) is 0 Å². The molecule has 0 bridgehead atoms. The molecule has 1 saturated heterocycles. The first-order valence-electron chi connectivity index (χ1n) is 2.56. The molecular weight excluding hydrogens is 140 g/mol. The predicted octanol–water partition coefficient (Wildman–Crippen LogP) is 0.146. The fraction of sp³-hybridized carbons (Fsp3) is 0.600. The van der Waals surface area contributed by atoms with Crippen LogP contribution in [0.3, 0.4) is 0 Å². The van der Waals surface area contributed by atoms with Gasteiger partial charge in [-0.05, 0) is 0 Å². The van der Waals surface area contributed by atoms with E-state index in [0.717, 1.165) is 0 Å². The van der Waals surface area contributed by atoms with Gasteiger partial charge in [-0.3, -0.25) is 9.59 Å². The van der Waals surface area contributed by atoms with Crippen LogP contribution in [0.1, 0.15) is 6.42 Å². The second-order valence-corrected chi connectivity index (χ2v) is 3.07. The summed E-state index contributed by atoms with van der Waals surface area (Å²) in [6.07, 6.45) is 0.208. The average molecular weight is 146 g/mol. The third kappa shape index (κ3) is 1.45. The Hall–Kier alpha value is -0.510. The molecular formula is C5H6O3S. The second-order valence-electron chi connectivity index (χ2n) is 1.88. The number of ketones is 1. The van der Waals surface area contributed by atoms with Crippen molar-refractivity contribution in [1.29, 1.82) is 0 Å². The first-order valence-corrected chi connectivity index (χ1v) is 3.61. The summed E-state index contributed by atoms with van der Waals surface area (Å²) in [5.41, 5.74) is 0. The smallest absolute Gasteiger partial charge is 0.317 e. The third-order valence-corrected chi connectivity index (χ3v) is 2.39. The summed E-state index contributed by atoms with van der Waals surface area (Å²) in [5, 5.41) is 7.88. The largest absolute Gasteiger partial charge is 0.480 e. The predicted molar refractivity (Wildman–Crippen MR) is 33.5 cm³/mol. The Bertz CT molecular complexity index is 154. The quantitative estimate of drug-likeness (QED) is 0.572. The van der Waals surface area contributed by atoms with Crippen LogP contribution in [0, 0.1) is 0 Å². The molecule has 0 aromatic rings. The minimum absolute atomic E-state index is 0.0485. The molecule has 1 aliphatic heterocycles. The van der Waals surface area contributed by atoms with Gasteiger partial charge in [0.15, 0.2) is 0 Å². The van der Waals surface area contributed by atoms with Crippen LogP contribution < -0.4 is 0 Å². The summed E-state index contributed by atoms with van der Waals surface area (Å²) >= 11 is 1.21. The van der Waals surface area contributed by atoms with Gasteiger partial charge in [-0.25, -0.2) is 0 Å². The highest BCUT2D eigenvalue weighted by atomic mass is 32.2. The average Bonchev–Trinajstić information content (AvgIpc) is 2.14. The third-order valence-electron chi connectivity index (χ3n) is 1.13. The minimum atomic E-state index is -0.870. The Morgan fingerprint density at radius 2 is 2.44 bits per heavy atom. The summed E-state index contributed by atoms with van der Waals surface area (Å²) in [7, 11) is 0. The maximum Gasteiger partial charge on any atom is 0.317 e. The maximum atomic E-state index is 10.5. The standard InChI is InChI=1S/C5H6O3S/c6-3-1-4(5(7)8)9-2-3/h4H,1-2H2,(H,7,8). The number of carboxylic acid groups (broad SMARTS) is 1. The number of carboxylic acids is 1. The van der Waals surface area contributed by atoms with Gasteiger partial charge >= 0.3 is 5.97 Å². The van der Waals surface area contributed by atoms with Crippen molar-refractivity contribution in [2.75, 3.05) is 5.75 Å². The van der Waals surface area contributed by atoms with Crippen molar-refractivity contribution in [3.05, 3.63) is 0 Å². The number of hydrogen-bond acceptors (Lipinski definition) is 3. The van der Waals surface area contributed by atoms with Crippen molar-refractivity contribution in [2.24, 2.45) is 0 Å². The lowest BCUT2D eigenvalue weighted by molar-refractivity contribution is -0.137. The van der Waals surface area contributed by atoms with Crippen molar-refractivity contribution < 1.29 is 14.7 Å². The molecule has 1 rings (SSSR count). The molecule has 1 heterocycles. The molecule has 3 nitrogen and oxygen atoms in total. The monoisotopic (exact) mass is 146 g/mol. The maximum absolute atomic E-state index is 10.5. The van der Waals surface area contributed by atoms with E-state index in [9.17, 15) is 9.59 Å². The van der Waals surface area contributed by atoms with Crippen molar-refractivity contribution in [1.82, 2.24) is 0 Å². The van der Waals surface area contributed by atoms with E-state index in [4.69, 9.17) is 5.11 Å². The molecule has 0 saturated carbocycles. The molecule has 1 atom stereocenters. The molecule has 1 aliphatic rings. The molecule has 1 unspecified atom stereocenters. The topological polar surface area (TPSA) is 54.4 Å². The van der Waals surface area contributed by atoms with E-state index in [1.54, 1.807) is 0 Å². The minimum Gasteiger partial charge on any atom is -0.480 e. The van der Waals surface area contributed by atoms with E-state index in [0.29, 0.717) is 5.75 Å². The highest BCUT2D eigenvalue weighted by Gasteiger charge is 2.28. The number of carbonyl (C=O) groups excluding carboxylic acids is 1.